The normalized spacial score (nSPS) is 17.1. The van der Waals surface area contributed by atoms with E-state index in [0.717, 1.165) is 5.56 Å². The van der Waals surface area contributed by atoms with Gasteiger partial charge in [0.05, 0.1) is 11.6 Å². The second-order valence-electron chi connectivity index (χ2n) is 5.32. The molecule has 2 rings (SSSR count). The number of carbonyl (C=O) groups excluding carboxylic acids is 1. The lowest BCUT2D eigenvalue weighted by molar-refractivity contribution is -0.130. The first-order valence-corrected chi connectivity index (χ1v) is 5.93. The van der Waals surface area contributed by atoms with Crippen LogP contribution >= 0.6 is 0 Å². The van der Waals surface area contributed by atoms with Crippen molar-refractivity contribution in [2.45, 2.75) is 20.8 Å². The highest BCUT2D eigenvalue weighted by atomic mass is 16.6. The molecule has 1 aromatic carbocycles. The van der Waals surface area contributed by atoms with Crippen LogP contribution in [0.4, 0.5) is 0 Å². The number of cyclic esters (lactones) is 1. The molecule has 0 fully saturated rings. The van der Waals surface area contributed by atoms with Gasteiger partial charge in [-0.15, -0.1) is 0 Å². The lowest BCUT2D eigenvalue weighted by Crippen LogP contribution is -2.21. The highest BCUT2D eigenvalue weighted by Gasteiger charge is 2.31. The fourth-order valence-electron chi connectivity index (χ4n) is 1.59. The fourth-order valence-corrected chi connectivity index (χ4v) is 1.59. The van der Waals surface area contributed by atoms with Crippen LogP contribution in [0.2, 0.25) is 0 Å². The molecule has 19 heavy (non-hydrogen) atoms. The Kier molecular flexibility index (Phi) is 3.22. The average Bonchev–Trinajstić information content (AvgIpc) is 2.71. The Labute approximate surface area is 112 Å². The third-order valence-corrected chi connectivity index (χ3v) is 2.58. The summed E-state index contributed by atoms with van der Waals surface area (Å²) in [7, 11) is 0. The Balaban J connectivity index is 2.36. The van der Waals surface area contributed by atoms with Gasteiger partial charge in [-0.2, -0.15) is 5.26 Å². The fraction of sp³-hybridized carbons (Fsp3) is 0.267. The zero-order valence-electron chi connectivity index (χ0n) is 11.1. The summed E-state index contributed by atoms with van der Waals surface area (Å²) in [6.45, 7) is 5.79. The van der Waals surface area contributed by atoms with Gasteiger partial charge in [-0.05, 0) is 23.8 Å². The lowest BCUT2D eigenvalue weighted by Gasteiger charge is -2.15. The third-order valence-electron chi connectivity index (χ3n) is 2.58. The maximum absolute atomic E-state index is 11.7. The standard InChI is InChI=1S/C15H14N2O2/c1-15(2,3)14-17-12(13(18)19-14)8-10-5-4-6-11(7-10)9-16/h4-8H,1-3H3/b12-8-. The first-order valence-electron chi connectivity index (χ1n) is 5.93. The topological polar surface area (TPSA) is 62.5 Å². The van der Waals surface area contributed by atoms with Crippen molar-refractivity contribution in [2.24, 2.45) is 10.4 Å². The van der Waals surface area contributed by atoms with Crippen LogP contribution in [0.3, 0.4) is 0 Å². The maximum Gasteiger partial charge on any atom is 0.363 e. The van der Waals surface area contributed by atoms with Gasteiger partial charge in [-0.3, -0.25) is 0 Å². The number of nitriles is 1. The lowest BCUT2D eigenvalue weighted by atomic mass is 9.97. The molecule has 1 aliphatic rings. The minimum absolute atomic E-state index is 0.264. The molecule has 4 nitrogen and oxygen atoms in total. The zero-order chi connectivity index (χ0) is 14.0. The Morgan fingerprint density at radius 3 is 2.68 bits per heavy atom. The first kappa shape index (κ1) is 13.0. The minimum atomic E-state index is -0.452. The zero-order valence-corrected chi connectivity index (χ0v) is 11.1. The molecule has 1 aromatic rings. The summed E-state index contributed by atoms with van der Waals surface area (Å²) in [4.78, 5) is 15.9. The van der Waals surface area contributed by atoms with Gasteiger partial charge in [-0.1, -0.05) is 32.9 Å². The number of hydrogen-bond acceptors (Lipinski definition) is 4. The van der Waals surface area contributed by atoms with Crippen LogP contribution in [-0.4, -0.2) is 11.9 Å². The van der Waals surface area contributed by atoms with Gasteiger partial charge in [0.25, 0.3) is 0 Å². The van der Waals surface area contributed by atoms with Gasteiger partial charge in [-0.25, -0.2) is 9.79 Å². The molecule has 0 amide bonds. The molecule has 0 N–H and O–H groups in total. The molecular formula is C15H14N2O2. The van der Waals surface area contributed by atoms with Crippen LogP contribution < -0.4 is 0 Å². The smallest absolute Gasteiger partial charge is 0.363 e. The minimum Gasteiger partial charge on any atom is -0.406 e. The summed E-state index contributed by atoms with van der Waals surface area (Å²) < 4.78 is 5.14. The number of hydrogen-bond donors (Lipinski definition) is 0. The number of esters is 1. The molecule has 0 bridgehead atoms. The highest BCUT2D eigenvalue weighted by Crippen LogP contribution is 2.25. The van der Waals surface area contributed by atoms with Gasteiger partial charge in [0.1, 0.15) is 0 Å². The SMILES string of the molecule is CC(C)(C)C1=N/C(=C\c2cccc(C#N)c2)C(=O)O1. The predicted molar refractivity (Wildman–Crippen MR) is 72.1 cm³/mol. The number of nitrogens with zero attached hydrogens (tertiary/aromatic N) is 2. The average molecular weight is 254 g/mol. The maximum atomic E-state index is 11.7. The van der Waals surface area contributed by atoms with Crippen molar-refractivity contribution in [2.75, 3.05) is 0 Å². The number of benzene rings is 1. The van der Waals surface area contributed by atoms with E-state index in [1.54, 1.807) is 24.3 Å². The van der Waals surface area contributed by atoms with Crippen molar-refractivity contribution < 1.29 is 9.53 Å². The van der Waals surface area contributed by atoms with E-state index >= 15 is 0 Å². The highest BCUT2D eigenvalue weighted by molar-refractivity contribution is 6.08. The number of aliphatic imine (C=N–C) groups is 1. The molecule has 1 aliphatic heterocycles. The van der Waals surface area contributed by atoms with Crippen molar-refractivity contribution in [3.8, 4) is 6.07 Å². The largest absolute Gasteiger partial charge is 0.406 e. The van der Waals surface area contributed by atoms with E-state index < -0.39 is 5.97 Å². The van der Waals surface area contributed by atoms with Crippen LogP contribution in [-0.2, 0) is 9.53 Å². The van der Waals surface area contributed by atoms with Crippen molar-refractivity contribution in [3.63, 3.8) is 0 Å². The van der Waals surface area contributed by atoms with E-state index in [1.165, 1.54) is 0 Å². The van der Waals surface area contributed by atoms with E-state index in [4.69, 9.17) is 10.00 Å². The summed E-state index contributed by atoms with van der Waals surface area (Å²) >= 11 is 0. The number of rotatable bonds is 1. The molecule has 0 radical (unpaired) electrons. The molecular weight excluding hydrogens is 240 g/mol. The Morgan fingerprint density at radius 1 is 1.37 bits per heavy atom. The molecule has 0 atom stereocenters. The molecule has 0 unspecified atom stereocenters. The van der Waals surface area contributed by atoms with Crippen LogP contribution in [0.25, 0.3) is 6.08 Å². The molecule has 1 heterocycles. The van der Waals surface area contributed by atoms with Crippen molar-refractivity contribution in [3.05, 3.63) is 41.1 Å². The second-order valence-corrected chi connectivity index (χ2v) is 5.32. The van der Waals surface area contributed by atoms with Crippen molar-refractivity contribution in [1.82, 2.24) is 0 Å². The van der Waals surface area contributed by atoms with Gasteiger partial charge < -0.3 is 4.74 Å². The van der Waals surface area contributed by atoms with E-state index in [0.29, 0.717) is 11.5 Å². The van der Waals surface area contributed by atoms with Crippen LogP contribution in [0, 0.1) is 16.7 Å². The summed E-state index contributed by atoms with van der Waals surface area (Å²) in [6, 6.07) is 9.04. The van der Waals surface area contributed by atoms with E-state index in [-0.39, 0.29) is 11.1 Å². The molecule has 0 saturated carbocycles. The van der Waals surface area contributed by atoms with E-state index in [9.17, 15) is 4.79 Å². The monoisotopic (exact) mass is 254 g/mol. The summed E-state index contributed by atoms with van der Waals surface area (Å²) in [6.07, 6.45) is 1.63. The first-order chi connectivity index (χ1) is 8.90. The number of carbonyl (C=O) groups is 1. The van der Waals surface area contributed by atoms with Gasteiger partial charge in [0, 0.05) is 5.41 Å². The molecule has 96 valence electrons. The van der Waals surface area contributed by atoms with Crippen LogP contribution in [0.1, 0.15) is 31.9 Å². The van der Waals surface area contributed by atoms with Crippen molar-refractivity contribution >= 4 is 17.9 Å². The molecule has 0 aromatic heterocycles. The second kappa shape index (κ2) is 4.69. The Morgan fingerprint density at radius 2 is 2.11 bits per heavy atom. The molecule has 0 aliphatic carbocycles. The summed E-state index contributed by atoms with van der Waals surface area (Å²) in [5.74, 6) is -0.0347. The number of ether oxygens (including phenoxy) is 1. The van der Waals surface area contributed by atoms with Gasteiger partial charge in [0.15, 0.2) is 5.70 Å². The van der Waals surface area contributed by atoms with E-state index in [1.807, 2.05) is 26.8 Å². The molecule has 4 heteroatoms. The van der Waals surface area contributed by atoms with Gasteiger partial charge >= 0.3 is 5.97 Å². The van der Waals surface area contributed by atoms with Crippen molar-refractivity contribution in [1.29, 1.82) is 5.26 Å². The summed E-state index contributed by atoms with van der Waals surface area (Å²) in [5, 5.41) is 8.83. The quantitative estimate of drug-likeness (QED) is 0.571. The van der Waals surface area contributed by atoms with Gasteiger partial charge in [0.2, 0.25) is 5.90 Å². The van der Waals surface area contributed by atoms with Crippen LogP contribution in [0.15, 0.2) is 35.0 Å². The third kappa shape index (κ3) is 2.89. The molecule has 0 spiro atoms. The summed E-state index contributed by atoms with van der Waals surface area (Å²) in [5.41, 5.74) is 1.25. The Bertz CT molecular complexity index is 628. The van der Waals surface area contributed by atoms with E-state index in [2.05, 4.69) is 11.1 Å². The Hall–Kier alpha value is -2.41. The molecule has 0 saturated heterocycles. The van der Waals surface area contributed by atoms with Crippen LogP contribution in [0.5, 0.6) is 0 Å². The predicted octanol–water partition coefficient (Wildman–Crippen LogP) is 2.90.